The molecule has 120 valence electrons. The Morgan fingerprint density at radius 2 is 1.00 bits per heavy atom. The van der Waals surface area contributed by atoms with Gasteiger partial charge in [-0.15, -0.1) is 0 Å². The predicted octanol–water partition coefficient (Wildman–Crippen LogP) is 4.78. The van der Waals surface area contributed by atoms with Crippen molar-refractivity contribution in [3.05, 3.63) is 63.3 Å². The Labute approximate surface area is 131 Å². The van der Waals surface area contributed by atoms with Crippen LogP contribution in [-0.4, -0.2) is 24.3 Å². The fraction of sp³-hybridized carbons (Fsp3) is 0.278. The van der Waals surface area contributed by atoms with E-state index in [2.05, 4.69) is 37.9 Å². The lowest BCUT2D eigenvalue weighted by Crippen LogP contribution is -2.08. The van der Waals surface area contributed by atoms with Gasteiger partial charge in [0, 0.05) is 6.21 Å². The van der Waals surface area contributed by atoms with Gasteiger partial charge in [0.1, 0.15) is 0 Å². The molecule has 3 nitrogen and oxygen atoms in total. The molecule has 0 bridgehead atoms. The fourth-order valence-electron chi connectivity index (χ4n) is 0.276. The SMILES string of the molecule is C.C=CC=C.C=CC=C.C=CC=NC(C)(C)C.O=CC=O. The topological polar surface area (TPSA) is 46.5 Å². The van der Waals surface area contributed by atoms with Crippen LogP contribution in [0.15, 0.2) is 68.3 Å². The zero-order valence-corrected chi connectivity index (χ0v) is 12.9. The third-order valence-electron chi connectivity index (χ3n) is 0.956. The van der Waals surface area contributed by atoms with Crippen molar-refractivity contribution in [2.24, 2.45) is 4.99 Å². The summed E-state index contributed by atoms with van der Waals surface area (Å²) in [5.41, 5.74) is 0.0498. The standard InChI is InChI=1S/C7H13N.2C4H6.C2H2O2.CH4/c1-5-6-8-7(2,3)4;2*1-3-4-2;3-1-2-4;/h5-6H,1H2,2-4H3;2*3-4H,1-2H2;1-2H;1H4. The zero-order valence-electron chi connectivity index (χ0n) is 12.9. The highest BCUT2D eigenvalue weighted by atomic mass is 16.2. The van der Waals surface area contributed by atoms with Crippen molar-refractivity contribution >= 4 is 18.8 Å². The summed E-state index contributed by atoms with van der Waals surface area (Å²) in [5, 5.41) is 0. The highest BCUT2D eigenvalue weighted by Crippen LogP contribution is 2.03. The van der Waals surface area contributed by atoms with Crippen molar-refractivity contribution in [3.8, 4) is 0 Å². The second kappa shape index (κ2) is 30.6. The summed E-state index contributed by atoms with van der Waals surface area (Å²) in [5.74, 6) is 0. The Morgan fingerprint density at radius 1 is 0.714 bits per heavy atom. The molecule has 0 fully saturated rings. The number of carbonyl (C=O) groups is 2. The molecule has 0 aliphatic heterocycles. The molecule has 0 heterocycles. The average molecular weight is 293 g/mol. The van der Waals surface area contributed by atoms with Gasteiger partial charge in [0.05, 0.1) is 5.54 Å². The molecule has 0 amide bonds. The molecular formula is C18H31NO2. The lowest BCUT2D eigenvalue weighted by molar-refractivity contribution is -0.122. The molecule has 0 aromatic carbocycles. The summed E-state index contributed by atoms with van der Waals surface area (Å²) in [6, 6.07) is 0. The van der Waals surface area contributed by atoms with Gasteiger partial charge in [0.25, 0.3) is 0 Å². The van der Waals surface area contributed by atoms with Crippen LogP contribution in [0.25, 0.3) is 0 Å². The maximum atomic E-state index is 8.81. The van der Waals surface area contributed by atoms with Crippen LogP contribution in [0.3, 0.4) is 0 Å². The highest BCUT2D eigenvalue weighted by Gasteiger charge is 2.02. The first-order chi connectivity index (χ1) is 9.30. The first kappa shape index (κ1) is 31.2. The summed E-state index contributed by atoms with van der Waals surface area (Å²) in [6.07, 6.45) is 10.4. The largest absolute Gasteiger partial charge is 0.295 e. The van der Waals surface area contributed by atoms with Crippen molar-refractivity contribution < 1.29 is 9.59 Å². The van der Waals surface area contributed by atoms with E-state index in [1.165, 1.54) is 0 Å². The Bertz CT molecular complexity index is 261. The van der Waals surface area contributed by atoms with E-state index < -0.39 is 0 Å². The smallest absolute Gasteiger partial charge is 0.182 e. The molecule has 0 radical (unpaired) electrons. The predicted molar refractivity (Wildman–Crippen MR) is 98.1 cm³/mol. The first-order valence-electron chi connectivity index (χ1n) is 5.83. The molecule has 0 saturated heterocycles. The second-order valence-electron chi connectivity index (χ2n) is 3.90. The lowest BCUT2D eigenvalue weighted by atomic mass is 10.1. The molecular weight excluding hydrogens is 262 g/mol. The van der Waals surface area contributed by atoms with E-state index in [0.717, 1.165) is 0 Å². The Hall–Kier alpha value is -2.29. The number of nitrogens with zero attached hydrogens (tertiary/aromatic N) is 1. The van der Waals surface area contributed by atoms with Crippen molar-refractivity contribution in [1.82, 2.24) is 0 Å². The molecule has 0 aromatic heterocycles. The fourth-order valence-corrected chi connectivity index (χ4v) is 0.276. The number of rotatable bonds is 4. The van der Waals surface area contributed by atoms with Gasteiger partial charge in [-0.3, -0.25) is 14.6 Å². The van der Waals surface area contributed by atoms with Crippen LogP contribution in [0.1, 0.15) is 28.2 Å². The molecule has 0 aliphatic rings. The molecule has 0 aromatic rings. The first-order valence-corrected chi connectivity index (χ1v) is 5.83. The van der Waals surface area contributed by atoms with Crippen LogP contribution in [0.4, 0.5) is 0 Å². The molecule has 0 spiro atoms. The van der Waals surface area contributed by atoms with Crippen LogP contribution < -0.4 is 0 Å². The third-order valence-corrected chi connectivity index (χ3v) is 0.956. The van der Waals surface area contributed by atoms with Gasteiger partial charge >= 0.3 is 0 Å². The van der Waals surface area contributed by atoms with E-state index in [1.54, 1.807) is 36.6 Å². The lowest BCUT2D eigenvalue weighted by Gasteiger charge is -2.09. The highest BCUT2D eigenvalue weighted by molar-refractivity contribution is 6.09. The summed E-state index contributed by atoms with van der Waals surface area (Å²) in [6.45, 7) is 23.1. The van der Waals surface area contributed by atoms with Gasteiger partial charge in [-0.25, -0.2) is 0 Å². The van der Waals surface area contributed by atoms with E-state index in [-0.39, 0.29) is 25.5 Å². The van der Waals surface area contributed by atoms with Crippen LogP contribution in [0, 0.1) is 0 Å². The number of hydrogen-bond donors (Lipinski definition) is 0. The van der Waals surface area contributed by atoms with Gasteiger partial charge in [0.2, 0.25) is 0 Å². The minimum atomic E-state index is 0. The van der Waals surface area contributed by atoms with E-state index in [0.29, 0.717) is 0 Å². The molecule has 0 aliphatic carbocycles. The molecule has 0 rings (SSSR count). The number of hydrogen-bond acceptors (Lipinski definition) is 3. The van der Waals surface area contributed by atoms with E-state index in [9.17, 15) is 0 Å². The molecule has 21 heavy (non-hydrogen) atoms. The van der Waals surface area contributed by atoms with Gasteiger partial charge < -0.3 is 0 Å². The quantitative estimate of drug-likeness (QED) is 0.324. The normalized spacial score (nSPS) is 7.57. The third kappa shape index (κ3) is 134. The van der Waals surface area contributed by atoms with Gasteiger partial charge in [-0.1, -0.05) is 70.7 Å². The van der Waals surface area contributed by atoms with E-state index in [4.69, 9.17) is 9.59 Å². The number of allylic oxidation sites excluding steroid dienone is 5. The maximum Gasteiger partial charge on any atom is 0.182 e. The maximum absolute atomic E-state index is 8.81. The minimum absolute atomic E-state index is 0. The van der Waals surface area contributed by atoms with Crippen LogP contribution >= 0.6 is 0 Å². The Balaban J connectivity index is -0.0000000570. The monoisotopic (exact) mass is 293 g/mol. The summed E-state index contributed by atoms with van der Waals surface area (Å²) >= 11 is 0. The molecule has 0 saturated carbocycles. The molecule has 0 atom stereocenters. The average Bonchev–Trinajstić information content (AvgIpc) is 2.45. The van der Waals surface area contributed by atoms with Gasteiger partial charge in [0.15, 0.2) is 12.6 Å². The summed E-state index contributed by atoms with van der Waals surface area (Å²) in [7, 11) is 0. The number of carbonyl (C=O) groups excluding carboxylic acids is 2. The van der Waals surface area contributed by atoms with Crippen LogP contribution in [0.5, 0.6) is 0 Å². The Morgan fingerprint density at radius 3 is 1.05 bits per heavy atom. The Kier molecular flexibility index (Phi) is 45.5. The zero-order chi connectivity index (χ0) is 16.9. The van der Waals surface area contributed by atoms with Crippen molar-refractivity contribution in [1.29, 1.82) is 0 Å². The van der Waals surface area contributed by atoms with Crippen LogP contribution in [-0.2, 0) is 9.59 Å². The molecule has 0 unspecified atom stereocenters. The van der Waals surface area contributed by atoms with Crippen LogP contribution in [0.2, 0.25) is 0 Å². The minimum Gasteiger partial charge on any atom is -0.295 e. The van der Waals surface area contributed by atoms with Gasteiger partial charge in [-0.05, 0) is 20.8 Å². The number of aldehydes is 2. The molecule has 0 N–H and O–H groups in total. The number of aliphatic imine (C=N–C) groups is 1. The van der Waals surface area contributed by atoms with E-state index in [1.807, 2.05) is 20.8 Å². The molecule has 3 heteroatoms. The van der Waals surface area contributed by atoms with E-state index >= 15 is 0 Å². The summed E-state index contributed by atoms with van der Waals surface area (Å²) in [4.78, 5) is 21.7. The summed E-state index contributed by atoms with van der Waals surface area (Å²) < 4.78 is 0. The van der Waals surface area contributed by atoms with Crippen molar-refractivity contribution in [3.63, 3.8) is 0 Å². The second-order valence-corrected chi connectivity index (χ2v) is 3.90. The van der Waals surface area contributed by atoms with Gasteiger partial charge in [-0.2, -0.15) is 0 Å². The van der Waals surface area contributed by atoms with Crippen molar-refractivity contribution in [2.45, 2.75) is 33.7 Å². The van der Waals surface area contributed by atoms with Crippen molar-refractivity contribution in [2.75, 3.05) is 0 Å².